The summed E-state index contributed by atoms with van der Waals surface area (Å²) >= 11 is 0. The normalized spacial score (nSPS) is 19.8. The van der Waals surface area contributed by atoms with Gasteiger partial charge in [0.1, 0.15) is 24.4 Å². The molecule has 2 aliphatic heterocycles. The number of sulfonamides is 1. The second-order valence-corrected chi connectivity index (χ2v) is 9.46. The van der Waals surface area contributed by atoms with Crippen LogP contribution in [-0.4, -0.2) is 84.3 Å². The van der Waals surface area contributed by atoms with Crippen molar-refractivity contribution in [1.29, 1.82) is 0 Å². The van der Waals surface area contributed by atoms with Crippen molar-refractivity contribution >= 4 is 16.4 Å². The van der Waals surface area contributed by atoms with Crippen LogP contribution in [-0.2, 0) is 16.6 Å². The molecule has 1 N–H and O–H groups in total. The summed E-state index contributed by atoms with van der Waals surface area (Å²) in [6, 6.07) is 3.56. The van der Waals surface area contributed by atoms with Gasteiger partial charge in [0, 0.05) is 13.1 Å². The number of tetrazole rings is 1. The van der Waals surface area contributed by atoms with Gasteiger partial charge < -0.3 is 10.1 Å². The molecule has 2 aliphatic rings. The number of hydrogen-bond donors (Lipinski definition) is 1. The number of nitrogens with one attached hydrogen (secondary N) is 1. The Labute approximate surface area is 183 Å². The molecule has 0 bridgehead atoms. The van der Waals surface area contributed by atoms with Crippen molar-refractivity contribution < 1.29 is 13.2 Å². The van der Waals surface area contributed by atoms with Crippen LogP contribution in [0.25, 0.3) is 5.82 Å². The highest BCUT2D eigenvalue weighted by molar-refractivity contribution is 7.89. The van der Waals surface area contributed by atoms with E-state index in [-0.39, 0.29) is 12.6 Å². The highest BCUT2D eigenvalue weighted by atomic mass is 32.2. The number of hydrogen-bond acceptors (Lipinski definition) is 11. The van der Waals surface area contributed by atoms with E-state index in [1.54, 1.807) is 29.3 Å². The molecule has 0 saturated carbocycles. The molecule has 3 aromatic rings. The van der Waals surface area contributed by atoms with Gasteiger partial charge in [-0.05, 0) is 35.4 Å². The van der Waals surface area contributed by atoms with E-state index < -0.39 is 15.4 Å². The van der Waals surface area contributed by atoms with E-state index in [9.17, 15) is 8.42 Å². The molecule has 15 heteroatoms. The first-order valence-electron chi connectivity index (χ1n) is 10.1. The fourth-order valence-electron chi connectivity index (χ4n) is 3.59. The Morgan fingerprint density at radius 1 is 1.19 bits per heavy atom. The van der Waals surface area contributed by atoms with Gasteiger partial charge in [0.25, 0.3) is 0 Å². The minimum absolute atomic E-state index is 0.0395. The van der Waals surface area contributed by atoms with E-state index in [4.69, 9.17) is 4.74 Å². The molecule has 0 radical (unpaired) electrons. The summed E-state index contributed by atoms with van der Waals surface area (Å²) < 4.78 is 34.0. The molecule has 0 amide bonds. The number of piperidine rings is 1. The molecular formula is C17H21N11O3S. The summed E-state index contributed by atoms with van der Waals surface area (Å²) in [5.41, 5.74) is 0.677. The third-order valence-corrected chi connectivity index (χ3v) is 7.39. The van der Waals surface area contributed by atoms with Crippen molar-refractivity contribution in [3.05, 3.63) is 36.5 Å². The Morgan fingerprint density at radius 3 is 2.75 bits per heavy atom. The quantitative estimate of drug-likeness (QED) is 0.472. The molecule has 5 heterocycles. The highest BCUT2D eigenvalue weighted by Gasteiger charge is 2.36. The van der Waals surface area contributed by atoms with E-state index >= 15 is 0 Å². The van der Waals surface area contributed by atoms with Crippen LogP contribution in [0.2, 0.25) is 0 Å². The maximum absolute atomic E-state index is 12.6. The van der Waals surface area contributed by atoms with Gasteiger partial charge in [0.05, 0.1) is 31.3 Å². The first kappa shape index (κ1) is 20.4. The van der Waals surface area contributed by atoms with Crippen LogP contribution >= 0.6 is 0 Å². The van der Waals surface area contributed by atoms with Gasteiger partial charge in [-0.3, -0.25) is 4.99 Å². The zero-order chi connectivity index (χ0) is 22.0. The van der Waals surface area contributed by atoms with Gasteiger partial charge in [0.15, 0.2) is 11.2 Å². The number of pyridine rings is 1. The molecule has 0 aliphatic carbocycles. The lowest BCUT2D eigenvalue weighted by atomic mass is 10.1. The Hall–Kier alpha value is -3.46. The molecule has 14 nitrogen and oxygen atoms in total. The maximum Gasteiger partial charge on any atom is 0.239 e. The monoisotopic (exact) mass is 459 g/mol. The van der Waals surface area contributed by atoms with E-state index in [1.165, 1.54) is 21.7 Å². The largest absolute Gasteiger partial charge is 0.486 e. The fraction of sp³-hybridized carbons (Fsp3) is 0.471. The van der Waals surface area contributed by atoms with Gasteiger partial charge in [-0.2, -0.15) is 24.0 Å². The van der Waals surface area contributed by atoms with Crippen LogP contribution in [0.1, 0.15) is 24.6 Å². The SMILES string of the molecule is O=S(=O)(C1CNC=N1)N1CCC(n2ncc(COc3ccc(-n4cnnn4)nc3)n2)CC1. The Morgan fingerprint density at radius 2 is 2.06 bits per heavy atom. The van der Waals surface area contributed by atoms with E-state index in [1.807, 2.05) is 0 Å². The van der Waals surface area contributed by atoms with Gasteiger partial charge in [-0.25, -0.2) is 13.4 Å². The molecule has 1 saturated heterocycles. The Balaban J connectivity index is 1.14. The van der Waals surface area contributed by atoms with E-state index in [0.29, 0.717) is 49.7 Å². The molecule has 1 unspecified atom stereocenters. The van der Waals surface area contributed by atoms with Gasteiger partial charge >= 0.3 is 0 Å². The van der Waals surface area contributed by atoms with E-state index in [2.05, 4.69) is 41.0 Å². The van der Waals surface area contributed by atoms with Gasteiger partial charge in [0.2, 0.25) is 10.0 Å². The van der Waals surface area contributed by atoms with Crippen molar-refractivity contribution in [1.82, 2.24) is 49.8 Å². The second kappa shape index (κ2) is 8.58. The van der Waals surface area contributed by atoms with Crippen LogP contribution in [0, 0.1) is 0 Å². The van der Waals surface area contributed by atoms with Crippen LogP contribution < -0.4 is 10.1 Å². The first-order valence-corrected chi connectivity index (χ1v) is 11.6. The summed E-state index contributed by atoms with van der Waals surface area (Å²) in [5.74, 6) is 1.16. The van der Waals surface area contributed by atoms with Crippen molar-refractivity contribution in [2.45, 2.75) is 30.9 Å². The molecule has 1 fully saturated rings. The topological polar surface area (TPSA) is 158 Å². The molecule has 168 valence electrons. The zero-order valence-electron chi connectivity index (χ0n) is 17.0. The van der Waals surface area contributed by atoms with Crippen molar-refractivity contribution in [2.75, 3.05) is 19.6 Å². The van der Waals surface area contributed by atoms with Crippen molar-refractivity contribution in [3.8, 4) is 11.6 Å². The van der Waals surface area contributed by atoms with Crippen LogP contribution in [0.15, 0.2) is 35.8 Å². The number of ether oxygens (including phenoxy) is 1. The van der Waals surface area contributed by atoms with Crippen LogP contribution in [0.5, 0.6) is 5.75 Å². The highest BCUT2D eigenvalue weighted by Crippen LogP contribution is 2.25. The summed E-state index contributed by atoms with van der Waals surface area (Å²) in [4.78, 5) is 9.91. The van der Waals surface area contributed by atoms with Crippen LogP contribution in [0.4, 0.5) is 0 Å². The van der Waals surface area contributed by atoms with Crippen LogP contribution in [0.3, 0.4) is 0 Å². The van der Waals surface area contributed by atoms with Crippen molar-refractivity contribution in [2.24, 2.45) is 4.99 Å². The Kier molecular flexibility index (Phi) is 5.48. The average molecular weight is 459 g/mol. The lowest BCUT2D eigenvalue weighted by Gasteiger charge is -2.31. The molecule has 32 heavy (non-hydrogen) atoms. The number of rotatable bonds is 7. The lowest BCUT2D eigenvalue weighted by molar-refractivity contribution is 0.240. The molecule has 1 atom stereocenters. The third-order valence-electron chi connectivity index (χ3n) is 5.33. The average Bonchev–Trinajstić information content (AvgIpc) is 3.61. The number of aliphatic imine (C=N–C) groups is 1. The smallest absolute Gasteiger partial charge is 0.239 e. The summed E-state index contributed by atoms with van der Waals surface area (Å²) in [6.45, 7) is 1.41. The Bertz CT molecular complexity index is 1170. The number of nitrogens with zero attached hydrogens (tertiary/aromatic N) is 10. The molecular weight excluding hydrogens is 438 g/mol. The standard InChI is InChI=1S/C17H21N11O3S/c29-32(30,17-9-18-11-20-17)26-5-3-14(4-6-26)28-22-7-13(23-28)10-31-15-1-2-16(19-8-15)27-12-21-24-25-27/h1-2,7-8,11-12,14,17H,3-6,9-10H2,(H,18,20). The zero-order valence-corrected chi connectivity index (χ0v) is 17.8. The fourth-order valence-corrected chi connectivity index (χ4v) is 5.18. The number of aromatic nitrogens is 8. The van der Waals surface area contributed by atoms with Gasteiger partial charge in [-0.15, -0.1) is 5.10 Å². The lowest BCUT2D eigenvalue weighted by Crippen LogP contribution is -2.44. The molecule has 0 aromatic carbocycles. The maximum atomic E-state index is 12.6. The summed E-state index contributed by atoms with van der Waals surface area (Å²) in [6.07, 6.45) is 7.43. The predicted molar refractivity (Wildman–Crippen MR) is 110 cm³/mol. The molecule has 5 rings (SSSR count). The minimum Gasteiger partial charge on any atom is -0.486 e. The summed E-state index contributed by atoms with van der Waals surface area (Å²) in [7, 11) is -3.43. The van der Waals surface area contributed by atoms with Gasteiger partial charge in [-0.1, -0.05) is 0 Å². The summed E-state index contributed by atoms with van der Waals surface area (Å²) in [5, 5.41) is 21.9. The third kappa shape index (κ3) is 4.16. The molecule has 3 aromatic heterocycles. The predicted octanol–water partition coefficient (Wildman–Crippen LogP) is -0.848. The van der Waals surface area contributed by atoms with E-state index in [0.717, 1.165) is 0 Å². The minimum atomic E-state index is -3.43. The molecule has 0 spiro atoms. The first-order chi connectivity index (χ1) is 15.6. The van der Waals surface area contributed by atoms with Crippen molar-refractivity contribution in [3.63, 3.8) is 0 Å². The second-order valence-electron chi connectivity index (χ2n) is 7.37.